The van der Waals surface area contributed by atoms with Crippen molar-refractivity contribution in [3.8, 4) is 0 Å². The monoisotopic (exact) mass is 312 g/mol. The first-order valence-electron chi connectivity index (χ1n) is 7.08. The Bertz CT molecular complexity index is 532. The molecule has 0 aromatic carbocycles. The Labute approximate surface area is 130 Å². The van der Waals surface area contributed by atoms with E-state index < -0.39 is 5.97 Å². The Morgan fingerprint density at radius 1 is 1.38 bits per heavy atom. The fourth-order valence-electron chi connectivity index (χ4n) is 1.84. The summed E-state index contributed by atoms with van der Waals surface area (Å²) in [7, 11) is 0. The number of hydrogen-bond acceptors (Lipinski definition) is 4. The number of aromatic nitrogens is 1. The molecule has 6 heteroatoms. The van der Waals surface area contributed by atoms with Crippen LogP contribution in [0.25, 0.3) is 0 Å². The van der Waals surface area contributed by atoms with Crippen LogP contribution in [0.2, 0.25) is 0 Å². The summed E-state index contributed by atoms with van der Waals surface area (Å²) in [4.78, 5) is 30.1. The van der Waals surface area contributed by atoms with E-state index in [0.717, 1.165) is 5.01 Å². The Kier molecular flexibility index (Phi) is 5.50. The Balaban J connectivity index is 3.15. The van der Waals surface area contributed by atoms with Crippen molar-refractivity contribution in [1.82, 2.24) is 9.88 Å². The normalized spacial score (nSPS) is 13.0. The summed E-state index contributed by atoms with van der Waals surface area (Å²) < 4.78 is 0. The van der Waals surface area contributed by atoms with E-state index in [-0.39, 0.29) is 23.9 Å². The fraction of sp³-hybridized carbons (Fsp3) is 0.667. The zero-order chi connectivity index (χ0) is 16.4. The molecule has 118 valence electrons. The zero-order valence-electron chi connectivity index (χ0n) is 13.6. The molecule has 0 aliphatic rings. The second kappa shape index (κ2) is 6.56. The van der Waals surface area contributed by atoms with E-state index in [0.29, 0.717) is 17.0 Å². The van der Waals surface area contributed by atoms with E-state index >= 15 is 0 Å². The number of carbonyl (C=O) groups is 2. The molecule has 1 atom stereocenters. The van der Waals surface area contributed by atoms with Gasteiger partial charge in [-0.1, -0.05) is 27.7 Å². The molecule has 0 aliphatic carbocycles. The molecule has 1 unspecified atom stereocenters. The molecule has 0 bridgehead atoms. The van der Waals surface area contributed by atoms with E-state index in [1.807, 2.05) is 34.6 Å². The van der Waals surface area contributed by atoms with Gasteiger partial charge in [0.1, 0.15) is 11.4 Å². The molecule has 5 nitrogen and oxygen atoms in total. The average molecular weight is 312 g/mol. The maximum Gasteiger partial charge on any atom is 0.323 e. The summed E-state index contributed by atoms with van der Waals surface area (Å²) in [5.41, 5.74) is 0.552. The second-order valence-electron chi connectivity index (χ2n) is 6.27. The van der Waals surface area contributed by atoms with Crippen molar-refractivity contribution in [2.75, 3.05) is 6.54 Å². The topological polar surface area (TPSA) is 70.5 Å². The molecule has 0 saturated heterocycles. The van der Waals surface area contributed by atoms with Crippen LogP contribution in [-0.2, 0) is 10.2 Å². The maximum atomic E-state index is 12.7. The maximum absolute atomic E-state index is 12.7. The van der Waals surface area contributed by atoms with Crippen LogP contribution in [0.3, 0.4) is 0 Å². The van der Waals surface area contributed by atoms with Crippen molar-refractivity contribution in [1.29, 1.82) is 0 Å². The number of thiazole rings is 1. The molecular weight excluding hydrogens is 288 g/mol. The van der Waals surface area contributed by atoms with Gasteiger partial charge in [-0.3, -0.25) is 9.59 Å². The van der Waals surface area contributed by atoms with E-state index in [1.54, 1.807) is 6.92 Å². The van der Waals surface area contributed by atoms with Crippen LogP contribution in [0, 0.1) is 6.92 Å². The minimum Gasteiger partial charge on any atom is -0.480 e. The van der Waals surface area contributed by atoms with Crippen LogP contribution in [-0.4, -0.2) is 39.5 Å². The highest BCUT2D eigenvalue weighted by Gasteiger charge is 2.28. The number of hydrogen-bond donors (Lipinski definition) is 1. The van der Waals surface area contributed by atoms with Gasteiger partial charge in [0.25, 0.3) is 5.91 Å². The predicted molar refractivity (Wildman–Crippen MR) is 84.0 cm³/mol. The molecule has 1 heterocycles. The van der Waals surface area contributed by atoms with Gasteiger partial charge in [-0.2, -0.15) is 0 Å². The SMILES string of the molecule is CCC(C)N(CC(=O)O)C(=O)c1sc(C(C)(C)C)nc1C. The van der Waals surface area contributed by atoms with Crippen molar-refractivity contribution in [2.24, 2.45) is 0 Å². The largest absolute Gasteiger partial charge is 0.480 e. The van der Waals surface area contributed by atoms with Crippen molar-refractivity contribution >= 4 is 23.2 Å². The number of nitrogens with zero attached hydrogens (tertiary/aromatic N) is 2. The van der Waals surface area contributed by atoms with Crippen LogP contribution in [0.15, 0.2) is 0 Å². The molecule has 0 radical (unpaired) electrons. The first-order chi connectivity index (χ1) is 9.57. The quantitative estimate of drug-likeness (QED) is 0.907. The van der Waals surface area contributed by atoms with Crippen molar-refractivity contribution in [2.45, 2.75) is 59.4 Å². The third kappa shape index (κ3) is 4.27. The molecule has 0 saturated carbocycles. The molecular formula is C15H24N2O3S. The van der Waals surface area contributed by atoms with Gasteiger partial charge in [-0.15, -0.1) is 11.3 Å². The summed E-state index contributed by atoms with van der Waals surface area (Å²) in [5.74, 6) is -1.24. The number of carbonyl (C=O) groups excluding carboxylic acids is 1. The number of aryl methyl sites for hydroxylation is 1. The Morgan fingerprint density at radius 3 is 2.33 bits per heavy atom. The molecule has 1 amide bonds. The van der Waals surface area contributed by atoms with Gasteiger partial charge in [0.2, 0.25) is 0 Å². The summed E-state index contributed by atoms with van der Waals surface area (Å²) in [5, 5.41) is 9.91. The van der Waals surface area contributed by atoms with Gasteiger partial charge in [-0.05, 0) is 20.3 Å². The van der Waals surface area contributed by atoms with Crippen LogP contribution >= 0.6 is 11.3 Å². The van der Waals surface area contributed by atoms with Gasteiger partial charge < -0.3 is 10.0 Å². The highest BCUT2D eigenvalue weighted by atomic mass is 32.1. The molecule has 1 aromatic rings. The van der Waals surface area contributed by atoms with Crippen molar-refractivity contribution in [3.63, 3.8) is 0 Å². The summed E-state index contributed by atoms with van der Waals surface area (Å²) in [6.45, 7) is 11.5. The molecule has 1 aromatic heterocycles. The first kappa shape index (κ1) is 17.6. The van der Waals surface area contributed by atoms with E-state index in [9.17, 15) is 9.59 Å². The average Bonchev–Trinajstić information content (AvgIpc) is 2.76. The van der Waals surface area contributed by atoms with Crippen LogP contribution < -0.4 is 0 Å². The lowest BCUT2D eigenvalue weighted by molar-refractivity contribution is -0.138. The summed E-state index contributed by atoms with van der Waals surface area (Å²) in [6, 6.07) is -0.117. The van der Waals surface area contributed by atoms with Gasteiger partial charge in [0.05, 0.1) is 10.7 Å². The number of carboxylic acid groups (broad SMARTS) is 1. The van der Waals surface area contributed by atoms with Crippen molar-refractivity contribution in [3.05, 3.63) is 15.6 Å². The standard InChI is InChI=1S/C15H24N2O3S/c1-7-9(2)17(8-11(18)19)13(20)12-10(3)16-14(21-12)15(4,5)6/h9H,7-8H2,1-6H3,(H,18,19). The number of aliphatic carboxylic acids is 1. The molecule has 0 fully saturated rings. The Hall–Kier alpha value is -1.43. The number of rotatable bonds is 5. The number of carboxylic acids is 1. The molecule has 21 heavy (non-hydrogen) atoms. The lowest BCUT2D eigenvalue weighted by Gasteiger charge is -2.26. The summed E-state index contributed by atoms with van der Waals surface area (Å²) >= 11 is 1.36. The highest BCUT2D eigenvalue weighted by Crippen LogP contribution is 2.30. The molecule has 0 aliphatic heterocycles. The smallest absolute Gasteiger partial charge is 0.323 e. The highest BCUT2D eigenvalue weighted by molar-refractivity contribution is 7.14. The second-order valence-corrected chi connectivity index (χ2v) is 7.27. The third-order valence-corrected chi connectivity index (χ3v) is 4.89. The first-order valence-corrected chi connectivity index (χ1v) is 7.90. The van der Waals surface area contributed by atoms with E-state index in [2.05, 4.69) is 4.98 Å². The third-order valence-electron chi connectivity index (χ3n) is 3.32. The van der Waals surface area contributed by atoms with Crippen LogP contribution in [0.5, 0.6) is 0 Å². The molecule has 1 N–H and O–H groups in total. The van der Waals surface area contributed by atoms with E-state index in [4.69, 9.17) is 5.11 Å². The lowest BCUT2D eigenvalue weighted by atomic mass is 9.98. The van der Waals surface area contributed by atoms with Crippen LogP contribution in [0.4, 0.5) is 0 Å². The minimum absolute atomic E-state index is 0.117. The zero-order valence-corrected chi connectivity index (χ0v) is 14.4. The van der Waals surface area contributed by atoms with Gasteiger partial charge in [0, 0.05) is 11.5 Å². The van der Waals surface area contributed by atoms with Gasteiger partial charge in [-0.25, -0.2) is 4.98 Å². The number of amides is 1. The van der Waals surface area contributed by atoms with Gasteiger partial charge >= 0.3 is 5.97 Å². The molecule has 1 rings (SSSR count). The van der Waals surface area contributed by atoms with E-state index in [1.165, 1.54) is 16.2 Å². The Morgan fingerprint density at radius 2 is 1.95 bits per heavy atom. The summed E-state index contributed by atoms with van der Waals surface area (Å²) in [6.07, 6.45) is 0.711. The fourth-order valence-corrected chi connectivity index (χ4v) is 2.92. The van der Waals surface area contributed by atoms with Crippen molar-refractivity contribution < 1.29 is 14.7 Å². The molecule has 0 spiro atoms. The lowest BCUT2D eigenvalue weighted by Crippen LogP contribution is -2.41. The predicted octanol–water partition coefficient (Wildman–Crippen LogP) is 3.07. The van der Waals surface area contributed by atoms with Crippen LogP contribution in [0.1, 0.15) is 61.4 Å². The minimum atomic E-state index is -0.998. The van der Waals surface area contributed by atoms with Gasteiger partial charge in [0.15, 0.2) is 0 Å².